The molecule has 1 aliphatic heterocycles. The first-order valence-electron chi connectivity index (χ1n) is 11.3. The number of H-pyrrole nitrogens is 1. The molecule has 0 bridgehead atoms. The molecule has 0 atom stereocenters. The predicted molar refractivity (Wildman–Crippen MR) is 123 cm³/mol. The Morgan fingerprint density at radius 3 is 2.73 bits per heavy atom. The van der Waals surface area contributed by atoms with Crippen molar-refractivity contribution in [3.63, 3.8) is 0 Å². The highest BCUT2D eigenvalue weighted by Gasteiger charge is 2.22. The van der Waals surface area contributed by atoms with Crippen LogP contribution in [-0.4, -0.2) is 32.7 Å². The van der Waals surface area contributed by atoms with E-state index in [9.17, 15) is 0 Å². The Labute approximate surface area is 177 Å². The van der Waals surface area contributed by atoms with Gasteiger partial charge in [0.2, 0.25) is 0 Å². The minimum atomic E-state index is 0.424. The molecule has 0 amide bonds. The summed E-state index contributed by atoms with van der Waals surface area (Å²) in [4.78, 5) is 8.25. The lowest BCUT2D eigenvalue weighted by Gasteiger charge is -2.23. The van der Waals surface area contributed by atoms with E-state index in [1.807, 2.05) is 4.52 Å². The van der Waals surface area contributed by atoms with E-state index >= 15 is 0 Å². The molecule has 4 aromatic rings. The van der Waals surface area contributed by atoms with E-state index in [0.717, 1.165) is 25.2 Å². The van der Waals surface area contributed by atoms with Gasteiger partial charge in [-0.3, -0.25) is 0 Å². The molecule has 0 saturated carbocycles. The Kier molecular flexibility index (Phi) is 4.86. The number of piperidine rings is 1. The van der Waals surface area contributed by atoms with Crippen LogP contribution in [0.1, 0.15) is 67.7 Å². The third kappa shape index (κ3) is 3.03. The maximum Gasteiger partial charge on any atom is 0.158 e. The Morgan fingerprint density at radius 1 is 1.20 bits per heavy atom. The third-order valence-corrected chi connectivity index (χ3v) is 6.82. The number of hydrogen-bond donors (Lipinski definition) is 2. The quantitative estimate of drug-likeness (QED) is 0.485. The number of fused-ring (bicyclic) bond motifs is 2. The normalized spacial score (nSPS) is 15.6. The molecule has 5 nitrogen and oxygen atoms in total. The smallest absolute Gasteiger partial charge is 0.158 e. The van der Waals surface area contributed by atoms with Gasteiger partial charge in [-0.15, -0.1) is 0 Å². The molecule has 0 unspecified atom stereocenters. The zero-order valence-corrected chi connectivity index (χ0v) is 18.4. The number of nitrogens with one attached hydrogen (secondary N) is 2. The van der Waals surface area contributed by atoms with Crippen molar-refractivity contribution in [2.24, 2.45) is 0 Å². The van der Waals surface area contributed by atoms with Crippen LogP contribution in [0, 0.1) is 6.92 Å². The zero-order chi connectivity index (χ0) is 20.8. The molecule has 0 spiro atoms. The molecule has 1 fully saturated rings. The largest absolute Gasteiger partial charge is 0.354 e. The second kappa shape index (κ2) is 7.55. The lowest BCUT2D eigenvalue weighted by atomic mass is 9.88. The minimum absolute atomic E-state index is 0.424. The fourth-order valence-electron chi connectivity index (χ4n) is 5.24. The maximum absolute atomic E-state index is 4.49. The molecule has 3 aromatic heterocycles. The molecule has 1 aliphatic rings. The van der Waals surface area contributed by atoms with Crippen molar-refractivity contribution in [1.29, 1.82) is 0 Å². The molecule has 0 aliphatic carbocycles. The van der Waals surface area contributed by atoms with Crippen molar-refractivity contribution in [3.8, 4) is 11.3 Å². The van der Waals surface area contributed by atoms with Gasteiger partial charge in [0.05, 0.1) is 5.69 Å². The Bertz CT molecular complexity index is 1210. The van der Waals surface area contributed by atoms with E-state index in [-0.39, 0.29) is 0 Å². The first-order valence-corrected chi connectivity index (χ1v) is 11.3. The average Bonchev–Trinajstić information content (AvgIpc) is 3.37. The van der Waals surface area contributed by atoms with E-state index < -0.39 is 0 Å². The van der Waals surface area contributed by atoms with Gasteiger partial charge in [0, 0.05) is 28.2 Å². The van der Waals surface area contributed by atoms with Crippen LogP contribution in [0.5, 0.6) is 0 Å². The number of hydrogen-bond acceptors (Lipinski definition) is 3. The highest BCUT2D eigenvalue weighted by atomic mass is 15.3. The van der Waals surface area contributed by atoms with Gasteiger partial charge >= 0.3 is 0 Å². The molecule has 0 radical (unpaired) electrons. The summed E-state index contributed by atoms with van der Waals surface area (Å²) in [5.74, 6) is 1.09. The van der Waals surface area contributed by atoms with Crippen molar-refractivity contribution in [1.82, 2.24) is 24.9 Å². The van der Waals surface area contributed by atoms with Gasteiger partial charge in [0.1, 0.15) is 6.33 Å². The van der Waals surface area contributed by atoms with Gasteiger partial charge in [0.25, 0.3) is 0 Å². The van der Waals surface area contributed by atoms with Gasteiger partial charge < -0.3 is 10.3 Å². The molecule has 4 heterocycles. The lowest BCUT2D eigenvalue weighted by Crippen LogP contribution is -2.26. The second-order valence-corrected chi connectivity index (χ2v) is 8.93. The van der Waals surface area contributed by atoms with Crippen LogP contribution in [0.25, 0.3) is 27.8 Å². The van der Waals surface area contributed by atoms with Crippen LogP contribution in [0.15, 0.2) is 30.7 Å². The van der Waals surface area contributed by atoms with E-state index in [1.54, 1.807) is 6.33 Å². The number of benzene rings is 1. The summed E-state index contributed by atoms with van der Waals surface area (Å²) < 4.78 is 1.93. The fourth-order valence-corrected chi connectivity index (χ4v) is 5.24. The highest BCUT2D eigenvalue weighted by Crippen LogP contribution is 2.39. The molecular weight excluding hydrogens is 370 g/mol. The van der Waals surface area contributed by atoms with Gasteiger partial charge in [0.15, 0.2) is 5.65 Å². The maximum atomic E-state index is 4.49. The third-order valence-electron chi connectivity index (χ3n) is 6.82. The summed E-state index contributed by atoms with van der Waals surface area (Å²) in [5.41, 5.74) is 10.1. The summed E-state index contributed by atoms with van der Waals surface area (Å²) in [5, 5.41) is 9.30. The summed E-state index contributed by atoms with van der Waals surface area (Å²) in [7, 11) is 0. The van der Waals surface area contributed by atoms with Gasteiger partial charge in [-0.25, -0.2) is 9.50 Å². The molecule has 1 aromatic carbocycles. The average molecular weight is 402 g/mol. The van der Waals surface area contributed by atoms with Crippen molar-refractivity contribution in [2.45, 2.75) is 58.8 Å². The predicted octanol–water partition coefficient (Wildman–Crippen LogP) is 5.34. The molecule has 5 rings (SSSR count). The van der Waals surface area contributed by atoms with E-state index in [1.165, 1.54) is 57.3 Å². The molecule has 156 valence electrons. The minimum Gasteiger partial charge on any atom is -0.354 e. The van der Waals surface area contributed by atoms with Crippen molar-refractivity contribution in [2.75, 3.05) is 13.1 Å². The molecule has 5 heteroatoms. The number of aromatic amines is 1. The van der Waals surface area contributed by atoms with E-state index in [2.05, 4.69) is 72.5 Å². The number of nitrogens with zero attached hydrogens (tertiary/aromatic N) is 3. The highest BCUT2D eigenvalue weighted by molar-refractivity contribution is 5.92. The summed E-state index contributed by atoms with van der Waals surface area (Å²) in [6.07, 6.45) is 7.18. The summed E-state index contributed by atoms with van der Waals surface area (Å²) >= 11 is 0. The Hall–Kier alpha value is -2.66. The second-order valence-electron chi connectivity index (χ2n) is 8.93. The molecular formula is C25H31N5. The van der Waals surface area contributed by atoms with Crippen LogP contribution in [-0.2, 0) is 6.42 Å². The van der Waals surface area contributed by atoms with Gasteiger partial charge in [-0.1, -0.05) is 26.8 Å². The van der Waals surface area contributed by atoms with Crippen LogP contribution >= 0.6 is 0 Å². The Morgan fingerprint density at radius 2 is 2.00 bits per heavy atom. The topological polar surface area (TPSA) is 58.0 Å². The zero-order valence-electron chi connectivity index (χ0n) is 18.4. The number of aryl methyl sites for hydroxylation is 1. The van der Waals surface area contributed by atoms with Crippen molar-refractivity contribution >= 4 is 16.6 Å². The van der Waals surface area contributed by atoms with E-state index in [4.69, 9.17) is 0 Å². The van der Waals surface area contributed by atoms with Gasteiger partial charge in [-0.2, -0.15) is 5.10 Å². The Balaban J connectivity index is 1.72. The molecule has 2 N–H and O–H groups in total. The van der Waals surface area contributed by atoms with E-state index in [0.29, 0.717) is 11.8 Å². The first-order chi connectivity index (χ1) is 14.6. The van der Waals surface area contributed by atoms with Crippen LogP contribution in [0.4, 0.5) is 0 Å². The first kappa shape index (κ1) is 19.3. The summed E-state index contributed by atoms with van der Waals surface area (Å²) in [6.45, 7) is 11.3. The van der Waals surface area contributed by atoms with Crippen molar-refractivity contribution in [3.05, 3.63) is 53.0 Å². The van der Waals surface area contributed by atoms with Crippen LogP contribution in [0.3, 0.4) is 0 Å². The van der Waals surface area contributed by atoms with Gasteiger partial charge in [-0.05, 0) is 79.9 Å². The number of pyridine rings is 1. The molecule has 30 heavy (non-hydrogen) atoms. The summed E-state index contributed by atoms with van der Waals surface area (Å²) in [6, 6.07) is 7.06. The standard InChI is InChI=1S/C25H31N5/c1-5-19-16(4)21(13-30-25(19)27-14-28-30)24-23(15(2)3)20-12-18(6-7-22(20)29-24)17-8-10-26-11-9-17/h6-7,12-15,17,26,29H,5,8-11H2,1-4H3. The number of aromatic nitrogens is 4. The lowest BCUT2D eigenvalue weighted by molar-refractivity contribution is 0.460. The van der Waals surface area contributed by atoms with Crippen LogP contribution in [0.2, 0.25) is 0 Å². The van der Waals surface area contributed by atoms with Crippen molar-refractivity contribution < 1.29 is 0 Å². The SMILES string of the molecule is CCc1c(C)c(-c2[nH]c3ccc(C4CCNCC4)cc3c2C(C)C)cn2ncnc12. The number of rotatable bonds is 4. The fraction of sp³-hybridized carbons (Fsp3) is 0.440. The monoisotopic (exact) mass is 401 g/mol. The van der Waals surface area contributed by atoms with Crippen LogP contribution < -0.4 is 5.32 Å². The molecule has 1 saturated heterocycles.